The summed E-state index contributed by atoms with van der Waals surface area (Å²) in [5.74, 6) is -0.202. The van der Waals surface area contributed by atoms with Gasteiger partial charge in [-0.2, -0.15) is 0 Å². The molecule has 2 aromatic rings. The monoisotopic (exact) mass is 271 g/mol. The number of aromatic nitrogens is 1. The van der Waals surface area contributed by atoms with Crippen molar-refractivity contribution < 1.29 is 4.39 Å². The first-order chi connectivity index (χ1) is 6.68. The maximum Gasteiger partial charge on any atom is 0.124 e. The summed E-state index contributed by atoms with van der Waals surface area (Å²) in [4.78, 5) is 5.14. The summed E-state index contributed by atoms with van der Waals surface area (Å²) in [7, 11) is 0. The Bertz CT molecular complexity index is 467. The van der Waals surface area contributed by atoms with Gasteiger partial charge in [0.15, 0.2) is 0 Å². The Kier molecular flexibility index (Phi) is 2.65. The Morgan fingerprint density at radius 3 is 2.79 bits per heavy atom. The van der Waals surface area contributed by atoms with Gasteiger partial charge in [0.25, 0.3) is 0 Å². The fourth-order valence-electron chi connectivity index (χ4n) is 1.29. The van der Waals surface area contributed by atoms with Crippen LogP contribution >= 0.6 is 27.3 Å². The molecule has 2 rings (SSSR count). The van der Waals surface area contributed by atoms with Crippen molar-refractivity contribution in [1.82, 2.24) is 4.98 Å². The van der Waals surface area contributed by atoms with Gasteiger partial charge in [0.1, 0.15) is 10.4 Å². The average Bonchev–Trinajstić information content (AvgIpc) is 2.52. The summed E-state index contributed by atoms with van der Waals surface area (Å²) in [6.45, 7) is 1.89. The Hall–Kier alpha value is -0.740. The van der Waals surface area contributed by atoms with Crippen LogP contribution in [0.15, 0.2) is 28.3 Å². The van der Waals surface area contributed by atoms with Crippen molar-refractivity contribution in [1.29, 1.82) is 0 Å². The normalized spacial score (nSPS) is 10.5. The molecule has 1 aromatic heterocycles. The molecular weight excluding hydrogens is 265 g/mol. The van der Waals surface area contributed by atoms with E-state index in [9.17, 15) is 4.39 Å². The molecule has 1 aromatic carbocycles. The topological polar surface area (TPSA) is 12.9 Å². The van der Waals surface area contributed by atoms with Crippen LogP contribution in [0.5, 0.6) is 0 Å². The smallest absolute Gasteiger partial charge is 0.124 e. The van der Waals surface area contributed by atoms with Crippen LogP contribution in [0.3, 0.4) is 0 Å². The molecule has 0 spiro atoms. The van der Waals surface area contributed by atoms with E-state index in [-0.39, 0.29) is 5.82 Å². The molecule has 0 fully saturated rings. The molecule has 0 radical (unpaired) electrons. The summed E-state index contributed by atoms with van der Waals surface area (Å²) >= 11 is 4.90. The van der Waals surface area contributed by atoms with E-state index in [1.165, 1.54) is 12.1 Å². The van der Waals surface area contributed by atoms with Gasteiger partial charge in [-0.1, -0.05) is 6.07 Å². The second kappa shape index (κ2) is 3.79. The highest BCUT2D eigenvalue weighted by molar-refractivity contribution is 9.10. The standard InChI is InChI=1S/C10H7BrFNS/c1-6-4-7(12)2-3-8(6)9-10(11)13-5-14-9/h2-5H,1H3. The summed E-state index contributed by atoms with van der Waals surface area (Å²) in [5.41, 5.74) is 3.72. The van der Waals surface area contributed by atoms with Crippen LogP contribution in [-0.4, -0.2) is 4.98 Å². The minimum absolute atomic E-state index is 0.202. The van der Waals surface area contributed by atoms with Crippen LogP contribution < -0.4 is 0 Å². The number of rotatable bonds is 1. The molecule has 14 heavy (non-hydrogen) atoms. The SMILES string of the molecule is Cc1cc(F)ccc1-c1scnc1Br. The second-order valence-corrected chi connectivity index (χ2v) is 4.54. The lowest BCUT2D eigenvalue weighted by atomic mass is 10.1. The van der Waals surface area contributed by atoms with Crippen LogP contribution in [0.2, 0.25) is 0 Å². The van der Waals surface area contributed by atoms with Crippen LogP contribution in [0, 0.1) is 12.7 Å². The maximum atomic E-state index is 12.9. The third-order valence-electron chi connectivity index (χ3n) is 1.96. The van der Waals surface area contributed by atoms with Gasteiger partial charge in [0, 0.05) is 0 Å². The molecular formula is C10H7BrFNS. The van der Waals surface area contributed by atoms with Crippen LogP contribution in [0.25, 0.3) is 10.4 Å². The molecule has 0 atom stereocenters. The fraction of sp³-hybridized carbons (Fsp3) is 0.100. The molecule has 0 aliphatic rings. The van der Waals surface area contributed by atoms with Gasteiger partial charge in [0.05, 0.1) is 10.4 Å². The van der Waals surface area contributed by atoms with E-state index in [0.717, 1.165) is 20.6 Å². The zero-order chi connectivity index (χ0) is 10.1. The third-order valence-corrected chi connectivity index (χ3v) is 3.68. The highest BCUT2D eigenvalue weighted by atomic mass is 79.9. The molecule has 0 aliphatic heterocycles. The third kappa shape index (κ3) is 1.72. The number of hydrogen-bond acceptors (Lipinski definition) is 2. The molecule has 0 saturated carbocycles. The van der Waals surface area contributed by atoms with Crippen molar-refractivity contribution in [2.75, 3.05) is 0 Å². The maximum absolute atomic E-state index is 12.9. The van der Waals surface area contributed by atoms with Gasteiger partial charge in [-0.25, -0.2) is 9.37 Å². The number of thiazole rings is 1. The number of aryl methyl sites for hydroxylation is 1. The molecule has 4 heteroatoms. The van der Waals surface area contributed by atoms with Crippen LogP contribution in [-0.2, 0) is 0 Å². The minimum Gasteiger partial charge on any atom is -0.237 e. The summed E-state index contributed by atoms with van der Waals surface area (Å²) in [6, 6.07) is 4.78. The van der Waals surface area contributed by atoms with Crippen molar-refractivity contribution in [3.05, 3.63) is 39.7 Å². The Morgan fingerprint density at radius 1 is 1.43 bits per heavy atom. The Balaban J connectivity index is 2.58. The summed E-state index contributed by atoms with van der Waals surface area (Å²) in [5, 5.41) is 0. The summed E-state index contributed by atoms with van der Waals surface area (Å²) in [6.07, 6.45) is 0. The van der Waals surface area contributed by atoms with Crippen molar-refractivity contribution >= 4 is 27.3 Å². The number of nitrogens with zero attached hydrogens (tertiary/aromatic N) is 1. The highest BCUT2D eigenvalue weighted by Crippen LogP contribution is 2.33. The van der Waals surface area contributed by atoms with E-state index in [1.807, 2.05) is 6.92 Å². The van der Waals surface area contributed by atoms with Gasteiger partial charge in [0.2, 0.25) is 0 Å². The molecule has 0 N–H and O–H groups in total. The van der Waals surface area contributed by atoms with E-state index < -0.39 is 0 Å². The second-order valence-electron chi connectivity index (χ2n) is 2.93. The molecule has 1 heterocycles. The van der Waals surface area contributed by atoms with Gasteiger partial charge in [-0.15, -0.1) is 11.3 Å². The Morgan fingerprint density at radius 2 is 2.21 bits per heavy atom. The van der Waals surface area contributed by atoms with Crippen molar-refractivity contribution in [2.24, 2.45) is 0 Å². The van der Waals surface area contributed by atoms with E-state index in [4.69, 9.17) is 0 Å². The lowest BCUT2D eigenvalue weighted by Crippen LogP contribution is -1.83. The molecule has 72 valence electrons. The molecule has 0 saturated heterocycles. The summed E-state index contributed by atoms with van der Waals surface area (Å²) < 4.78 is 13.7. The van der Waals surface area contributed by atoms with E-state index in [2.05, 4.69) is 20.9 Å². The molecule has 0 aliphatic carbocycles. The van der Waals surface area contributed by atoms with E-state index >= 15 is 0 Å². The zero-order valence-electron chi connectivity index (χ0n) is 7.42. The van der Waals surface area contributed by atoms with Crippen LogP contribution in [0.1, 0.15) is 5.56 Å². The van der Waals surface area contributed by atoms with Gasteiger partial charge >= 0.3 is 0 Å². The lowest BCUT2D eigenvalue weighted by molar-refractivity contribution is 0.627. The quantitative estimate of drug-likeness (QED) is 0.764. The fourth-order valence-corrected chi connectivity index (χ4v) is 2.79. The first-order valence-corrected chi connectivity index (χ1v) is 5.71. The predicted molar refractivity (Wildman–Crippen MR) is 59.9 cm³/mol. The average molecular weight is 272 g/mol. The Labute approximate surface area is 93.7 Å². The zero-order valence-corrected chi connectivity index (χ0v) is 9.82. The molecule has 0 unspecified atom stereocenters. The van der Waals surface area contributed by atoms with Crippen molar-refractivity contribution in [2.45, 2.75) is 6.92 Å². The highest BCUT2D eigenvalue weighted by Gasteiger charge is 2.08. The molecule has 0 amide bonds. The first-order valence-electron chi connectivity index (χ1n) is 4.04. The van der Waals surface area contributed by atoms with E-state index in [0.29, 0.717) is 0 Å². The van der Waals surface area contributed by atoms with Gasteiger partial charge in [-0.05, 0) is 46.1 Å². The lowest BCUT2D eigenvalue weighted by Gasteiger charge is -2.02. The van der Waals surface area contributed by atoms with Crippen molar-refractivity contribution in [3.63, 3.8) is 0 Å². The molecule has 0 bridgehead atoms. The van der Waals surface area contributed by atoms with Crippen molar-refractivity contribution in [3.8, 4) is 10.4 Å². The minimum atomic E-state index is -0.202. The largest absolute Gasteiger partial charge is 0.237 e. The van der Waals surface area contributed by atoms with Crippen LogP contribution in [0.4, 0.5) is 4.39 Å². The number of halogens is 2. The molecule has 1 nitrogen and oxygen atoms in total. The first kappa shape index (κ1) is 9.80. The van der Waals surface area contributed by atoms with Gasteiger partial charge < -0.3 is 0 Å². The van der Waals surface area contributed by atoms with Gasteiger partial charge in [-0.3, -0.25) is 0 Å². The predicted octanol–water partition coefficient (Wildman–Crippen LogP) is 4.02. The number of hydrogen-bond donors (Lipinski definition) is 0. The number of benzene rings is 1. The van der Waals surface area contributed by atoms with E-state index in [1.54, 1.807) is 22.9 Å².